The predicted octanol–water partition coefficient (Wildman–Crippen LogP) is 4.97. The second-order valence-corrected chi connectivity index (χ2v) is 7.66. The summed E-state index contributed by atoms with van der Waals surface area (Å²) in [6, 6.07) is 6.09. The molecule has 1 fully saturated rings. The quantitative estimate of drug-likeness (QED) is 0.806. The van der Waals surface area contributed by atoms with E-state index >= 15 is 0 Å². The van der Waals surface area contributed by atoms with Crippen LogP contribution in [0.5, 0.6) is 0 Å². The number of fused-ring (bicyclic) bond motifs is 1. The van der Waals surface area contributed by atoms with E-state index < -0.39 is 5.60 Å². The molecule has 4 nitrogen and oxygen atoms in total. The second kappa shape index (κ2) is 6.98. The van der Waals surface area contributed by atoms with Gasteiger partial charge in [-0.05, 0) is 51.3 Å². The summed E-state index contributed by atoms with van der Waals surface area (Å²) in [7, 11) is 0. The molecule has 130 valence electrons. The monoisotopic (exact) mass is 329 g/mol. The smallest absolute Gasteiger partial charge is 0.340 e. The average Bonchev–Trinajstić information content (AvgIpc) is 2.95. The number of nitrogens with one attached hydrogen (secondary N) is 1. The van der Waals surface area contributed by atoms with Crippen LogP contribution in [-0.2, 0) is 16.1 Å². The Labute approximate surface area is 143 Å². The van der Waals surface area contributed by atoms with Gasteiger partial charge >= 0.3 is 5.97 Å². The molecule has 0 spiro atoms. The van der Waals surface area contributed by atoms with E-state index in [9.17, 15) is 4.79 Å². The first kappa shape index (κ1) is 17.0. The van der Waals surface area contributed by atoms with E-state index in [1.165, 1.54) is 19.3 Å². The molecule has 0 saturated heterocycles. The molecule has 3 rings (SSSR count). The zero-order valence-corrected chi connectivity index (χ0v) is 14.9. The van der Waals surface area contributed by atoms with Gasteiger partial charge in [-0.25, -0.2) is 4.79 Å². The van der Waals surface area contributed by atoms with E-state index in [1.54, 1.807) is 6.20 Å². The third kappa shape index (κ3) is 4.18. The van der Waals surface area contributed by atoms with Gasteiger partial charge in [-0.2, -0.15) is 0 Å². The summed E-state index contributed by atoms with van der Waals surface area (Å²) >= 11 is 0. The van der Waals surface area contributed by atoms with E-state index in [1.807, 2.05) is 32.9 Å². The maximum Gasteiger partial charge on any atom is 0.340 e. The van der Waals surface area contributed by atoms with Gasteiger partial charge in [0.25, 0.3) is 0 Å². The number of hydrogen-bond donors (Lipinski definition) is 1. The van der Waals surface area contributed by atoms with Crippen LogP contribution in [0.3, 0.4) is 0 Å². The molecular weight excluding hydrogens is 302 g/mol. The van der Waals surface area contributed by atoms with Gasteiger partial charge in [0.1, 0.15) is 5.60 Å². The SMILES string of the molecule is CC(C)(C)OC(=O)c1c[nH]c2ccc(COC3CCCCC3)cc12. The van der Waals surface area contributed by atoms with Gasteiger partial charge in [-0.1, -0.05) is 25.3 Å². The van der Waals surface area contributed by atoms with Gasteiger partial charge in [0, 0.05) is 17.1 Å². The largest absolute Gasteiger partial charge is 0.456 e. The van der Waals surface area contributed by atoms with Crippen LogP contribution in [0.15, 0.2) is 24.4 Å². The average molecular weight is 329 g/mol. The zero-order chi connectivity index (χ0) is 17.2. The molecule has 4 heteroatoms. The van der Waals surface area contributed by atoms with Crippen molar-refractivity contribution in [2.75, 3.05) is 0 Å². The van der Waals surface area contributed by atoms with Crippen molar-refractivity contribution < 1.29 is 14.3 Å². The first-order valence-corrected chi connectivity index (χ1v) is 8.87. The fourth-order valence-electron chi connectivity index (χ4n) is 3.21. The summed E-state index contributed by atoms with van der Waals surface area (Å²) in [6.45, 7) is 6.23. The molecule has 0 radical (unpaired) electrons. The Morgan fingerprint density at radius 1 is 1.21 bits per heavy atom. The van der Waals surface area contributed by atoms with Crippen LogP contribution >= 0.6 is 0 Å². The fraction of sp³-hybridized carbons (Fsp3) is 0.550. The highest BCUT2D eigenvalue weighted by Crippen LogP contribution is 2.25. The minimum absolute atomic E-state index is 0.293. The number of benzene rings is 1. The van der Waals surface area contributed by atoms with Crippen molar-refractivity contribution in [1.82, 2.24) is 4.98 Å². The highest BCUT2D eigenvalue weighted by atomic mass is 16.6. The number of esters is 1. The first-order chi connectivity index (χ1) is 11.4. The summed E-state index contributed by atoms with van der Waals surface area (Å²) in [6.07, 6.45) is 8.30. The van der Waals surface area contributed by atoms with Crippen LogP contribution in [0.4, 0.5) is 0 Å². The Bertz CT molecular complexity index is 705. The molecule has 0 bridgehead atoms. The predicted molar refractivity (Wildman–Crippen MR) is 95.1 cm³/mol. The Morgan fingerprint density at radius 3 is 2.67 bits per heavy atom. The van der Waals surface area contributed by atoms with Crippen molar-refractivity contribution >= 4 is 16.9 Å². The number of rotatable bonds is 4. The van der Waals surface area contributed by atoms with E-state index in [-0.39, 0.29) is 5.97 Å². The lowest BCUT2D eigenvalue weighted by Gasteiger charge is -2.22. The van der Waals surface area contributed by atoms with Crippen LogP contribution < -0.4 is 0 Å². The molecule has 1 saturated carbocycles. The van der Waals surface area contributed by atoms with Crippen LogP contribution in [0.1, 0.15) is 68.8 Å². The van der Waals surface area contributed by atoms with Crippen molar-refractivity contribution in [3.8, 4) is 0 Å². The lowest BCUT2D eigenvalue weighted by Crippen LogP contribution is -2.23. The highest BCUT2D eigenvalue weighted by Gasteiger charge is 2.21. The number of hydrogen-bond acceptors (Lipinski definition) is 3. The van der Waals surface area contributed by atoms with E-state index in [2.05, 4.69) is 11.1 Å². The summed E-state index contributed by atoms with van der Waals surface area (Å²) in [5, 5.41) is 0.897. The highest BCUT2D eigenvalue weighted by molar-refractivity contribution is 6.04. The van der Waals surface area contributed by atoms with Gasteiger partial charge in [0.05, 0.1) is 18.3 Å². The number of carbonyl (C=O) groups is 1. The van der Waals surface area contributed by atoms with Crippen molar-refractivity contribution in [2.24, 2.45) is 0 Å². The number of carbonyl (C=O) groups excluding carboxylic acids is 1. The first-order valence-electron chi connectivity index (χ1n) is 8.87. The number of aromatic amines is 1. The van der Waals surface area contributed by atoms with Crippen molar-refractivity contribution in [3.63, 3.8) is 0 Å². The van der Waals surface area contributed by atoms with Crippen molar-refractivity contribution in [2.45, 2.75) is 71.2 Å². The minimum Gasteiger partial charge on any atom is -0.456 e. The number of H-pyrrole nitrogens is 1. The molecule has 0 unspecified atom stereocenters. The number of ether oxygens (including phenoxy) is 2. The third-order valence-electron chi connectivity index (χ3n) is 4.40. The summed E-state index contributed by atoms with van der Waals surface area (Å²) in [4.78, 5) is 15.5. The molecule has 24 heavy (non-hydrogen) atoms. The van der Waals surface area contributed by atoms with Gasteiger partial charge in [-0.15, -0.1) is 0 Å². The topological polar surface area (TPSA) is 51.3 Å². The Hall–Kier alpha value is -1.81. The number of aromatic nitrogens is 1. The summed E-state index contributed by atoms with van der Waals surface area (Å²) in [5.41, 5.74) is 2.12. The molecule has 0 atom stereocenters. The maximum absolute atomic E-state index is 12.4. The third-order valence-corrected chi connectivity index (χ3v) is 4.40. The maximum atomic E-state index is 12.4. The van der Waals surface area contributed by atoms with Gasteiger partial charge in [-0.3, -0.25) is 0 Å². The van der Waals surface area contributed by atoms with E-state index in [0.29, 0.717) is 18.3 Å². The van der Waals surface area contributed by atoms with Gasteiger partial charge in [0.15, 0.2) is 0 Å². The Balaban J connectivity index is 1.74. The summed E-state index contributed by atoms with van der Waals surface area (Å²) < 4.78 is 11.5. The molecule has 1 aliphatic carbocycles. The van der Waals surface area contributed by atoms with Crippen LogP contribution in [0.2, 0.25) is 0 Å². The lowest BCUT2D eigenvalue weighted by molar-refractivity contribution is 0.00714. The van der Waals surface area contributed by atoms with Crippen molar-refractivity contribution in [3.05, 3.63) is 35.5 Å². The van der Waals surface area contributed by atoms with Gasteiger partial charge in [0.2, 0.25) is 0 Å². The van der Waals surface area contributed by atoms with Crippen LogP contribution in [0.25, 0.3) is 10.9 Å². The van der Waals surface area contributed by atoms with Crippen LogP contribution in [0, 0.1) is 0 Å². The lowest BCUT2D eigenvalue weighted by atomic mass is 9.98. The molecule has 1 heterocycles. The Kier molecular flexibility index (Phi) is 4.95. The molecule has 1 aliphatic rings. The second-order valence-electron chi connectivity index (χ2n) is 7.66. The minimum atomic E-state index is -0.498. The van der Waals surface area contributed by atoms with Crippen LogP contribution in [-0.4, -0.2) is 22.7 Å². The van der Waals surface area contributed by atoms with Gasteiger partial charge < -0.3 is 14.5 Å². The normalized spacial score (nSPS) is 16.5. The Morgan fingerprint density at radius 2 is 1.96 bits per heavy atom. The van der Waals surface area contributed by atoms with E-state index in [0.717, 1.165) is 29.3 Å². The zero-order valence-electron chi connectivity index (χ0n) is 14.9. The summed E-state index contributed by atoms with van der Waals surface area (Å²) in [5.74, 6) is -0.293. The fourth-order valence-corrected chi connectivity index (χ4v) is 3.21. The van der Waals surface area contributed by atoms with E-state index in [4.69, 9.17) is 9.47 Å². The molecular formula is C20H27NO3. The molecule has 1 N–H and O–H groups in total. The molecule has 1 aromatic carbocycles. The van der Waals surface area contributed by atoms with Crippen molar-refractivity contribution in [1.29, 1.82) is 0 Å². The molecule has 2 aromatic rings. The molecule has 1 aromatic heterocycles. The molecule has 0 aliphatic heterocycles. The standard InChI is InChI=1S/C20H27NO3/c1-20(2,3)24-19(22)17-12-21-18-10-9-14(11-16(17)18)13-23-15-7-5-4-6-8-15/h9-12,15,21H,4-8,13H2,1-3H3. The molecule has 0 amide bonds.